The van der Waals surface area contributed by atoms with E-state index in [1.807, 2.05) is 0 Å². The largest absolute Gasteiger partial charge is 0.347 e. The first-order valence-corrected chi connectivity index (χ1v) is 10.0. The van der Waals surface area contributed by atoms with Gasteiger partial charge in [0.15, 0.2) is 0 Å². The van der Waals surface area contributed by atoms with Gasteiger partial charge in [0.2, 0.25) is 10.0 Å². The lowest BCUT2D eigenvalue weighted by Crippen LogP contribution is -2.30. The van der Waals surface area contributed by atoms with Gasteiger partial charge in [0, 0.05) is 18.7 Å². The number of carbonyl (C=O) groups is 1. The average Bonchev–Trinajstić information content (AvgIpc) is 2.94. The highest BCUT2D eigenvalue weighted by Gasteiger charge is 2.20. The Morgan fingerprint density at radius 3 is 2.58 bits per heavy atom. The number of thiophene rings is 1. The second-order valence-corrected chi connectivity index (χ2v) is 8.89. The van der Waals surface area contributed by atoms with Gasteiger partial charge >= 0.3 is 0 Å². The molecule has 0 unspecified atom stereocenters. The lowest BCUT2D eigenvalue weighted by molar-refractivity contribution is -0.385. The van der Waals surface area contributed by atoms with E-state index in [1.54, 1.807) is 32.9 Å². The van der Waals surface area contributed by atoms with Crippen LogP contribution < -0.4 is 10.0 Å². The van der Waals surface area contributed by atoms with Crippen molar-refractivity contribution in [3.63, 3.8) is 0 Å². The van der Waals surface area contributed by atoms with E-state index in [0.29, 0.717) is 10.4 Å². The number of benzene rings is 1. The Morgan fingerprint density at radius 1 is 1.31 bits per heavy atom. The van der Waals surface area contributed by atoms with E-state index >= 15 is 0 Å². The standard InChI is InChI=1S/C16H19N3O5S2/c1-10(2)18-26(23,24)13-6-4-5-12(7-13)9-17-16(20)15-8-14(19(21)22)11(3)25-15/h4-8,10,18H,9H2,1-3H3,(H,17,20). The number of hydrogen-bond donors (Lipinski definition) is 2. The molecule has 0 saturated carbocycles. The molecule has 0 spiro atoms. The molecule has 0 radical (unpaired) electrons. The van der Waals surface area contributed by atoms with Gasteiger partial charge in [0.25, 0.3) is 11.6 Å². The monoisotopic (exact) mass is 397 g/mol. The highest BCUT2D eigenvalue weighted by Crippen LogP contribution is 2.27. The molecule has 1 aromatic heterocycles. The molecular formula is C16H19N3O5S2. The van der Waals surface area contributed by atoms with Crippen LogP contribution in [0.3, 0.4) is 0 Å². The minimum atomic E-state index is -3.62. The first-order valence-electron chi connectivity index (χ1n) is 7.74. The van der Waals surface area contributed by atoms with Gasteiger partial charge in [-0.2, -0.15) is 0 Å². The fourth-order valence-electron chi connectivity index (χ4n) is 2.24. The van der Waals surface area contributed by atoms with E-state index in [2.05, 4.69) is 10.0 Å². The van der Waals surface area contributed by atoms with Gasteiger partial charge in [-0.3, -0.25) is 14.9 Å². The Hall–Kier alpha value is -2.30. The van der Waals surface area contributed by atoms with E-state index in [0.717, 1.165) is 11.3 Å². The number of carbonyl (C=O) groups excluding carboxylic acids is 1. The third-order valence-corrected chi connectivity index (χ3v) is 6.06. The SMILES string of the molecule is Cc1sc(C(=O)NCc2cccc(S(=O)(=O)NC(C)C)c2)cc1[N+](=O)[O-]. The fourth-order valence-corrected chi connectivity index (χ4v) is 4.46. The summed E-state index contributed by atoms with van der Waals surface area (Å²) in [6.07, 6.45) is 0. The molecule has 8 nitrogen and oxygen atoms in total. The van der Waals surface area contributed by atoms with E-state index in [1.165, 1.54) is 18.2 Å². The summed E-state index contributed by atoms with van der Waals surface area (Å²) in [5.41, 5.74) is 0.515. The molecule has 1 heterocycles. The number of nitro groups is 1. The third-order valence-electron chi connectivity index (χ3n) is 3.36. The summed E-state index contributed by atoms with van der Waals surface area (Å²) in [4.78, 5) is 23.3. The van der Waals surface area contributed by atoms with E-state index in [9.17, 15) is 23.3 Å². The third kappa shape index (κ3) is 4.87. The molecule has 2 rings (SSSR count). The molecule has 0 aliphatic rings. The molecule has 0 saturated heterocycles. The first-order chi connectivity index (χ1) is 12.1. The number of rotatable bonds is 7. The average molecular weight is 397 g/mol. The molecule has 0 aliphatic heterocycles. The van der Waals surface area contributed by atoms with Crippen molar-refractivity contribution in [2.45, 2.75) is 38.3 Å². The Bertz CT molecular complexity index is 935. The van der Waals surface area contributed by atoms with E-state index in [-0.39, 0.29) is 28.0 Å². The van der Waals surface area contributed by atoms with Crippen molar-refractivity contribution in [3.8, 4) is 0 Å². The quantitative estimate of drug-likeness (QED) is 0.550. The topological polar surface area (TPSA) is 118 Å². The van der Waals surface area contributed by atoms with Gasteiger partial charge in [-0.1, -0.05) is 12.1 Å². The second kappa shape index (κ2) is 7.94. The van der Waals surface area contributed by atoms with E-state index < -0.39 is 20.9 Å². The molecule has 26 heavy (non-hydrogen) atoms. The van der Waals surface area contributed by atoms with Crippen LogP contribution in [0.4, 0.5) is 5.69 Å². The maximum atomic E-state index is 12.2. The van der Waals surface area contributed by atoms with Crippen LogP contribution in [-0.4, -0.2) is 25.3 Å². The van der Waals surface area contributed by atoms with Crippen molar-refractivity contribution < 1.29 is 18.1 Å². The lowest BCUT2D eigenvalue weighted by atomic mass is 10.2. The zero-order chi connectivity index (χ0) is 19.5. The zero-order valence-corrected chi connectivity index (χ0v) is 16.1. The maximum absolute atomic E-state index is 12.2. The van der Waals surface area contributed by atoms with Crippen molar-refractivity contribution >= 4 is 33.0 Å². The van der Waals surface area contributed by atoms with Gasteiger partial charge in [0.05, 0.1) is 19.6 Å². The van der Waals surface area contributed by atoms with E-state index in [4.69, 9.17) is 0 Å². The van der Waals surface area contributed by atoms with Gasteiger partial charge < -0.3 is 5.32 Å². The predicted octanol–water partition coefficient (Wildman–Crippen LogP) is 2.58. The molecule has 0 bridgehead atoms. The Balaban J connectivity index is 2.10. The molecule has 2 aromatic rings. The normalized spacial score (nSPS) is 11.5. The molecular weight excluding hydrogens is 378 g/mol. The van der Waals surface area contributed by atoms with Crippen molar-refractivity contribution in [2.75, 3.05) is 0 Å². The van der Waals surface area contributed by atoms with Gasteiger partial charge in [-0.15, -0.1) is 11.3 Å². The van der Waals surface area contributed by atoms with Crippen LogP contribution in [0, 0.1) is 17.0 Å². The van der Waals surface area contributed by atoms with Crippen LogP contribution in [0.2, 0.25) is 0 Å². The summed E-state index contributed by atoms with van der Waals surface area (Å²) in [5.74, 6) is -0.445. The Kier molecular flexibility index (Phi) is 6.11. The van der Waals surface area contributed by atoms with Crippen LogP contribution in [0.15, 0.2) is 35.2 Å². The van der Waals surface area contributed by atoms with Crippen LogP contribution in [-0.2, 0) is 16.6 Å². The summed E-state index contributed by atoms with van der Waals surface area (Å²) >= 11 is 1.04. The minimum Gasteiger partial charge on any atom is -0.347 e. The number of nitrogens with one attached hydrogen (secondary N) is 2. The van der Waals surface area contributed by atoms with Crippen LogP contribution in [0.25, 0.3) is 0 Å². The molecule has 0 atom stereocenters. The number of nitrogens with zero attached hydrogens (tertiary/aromatic N) is 1. The summed E-state index contributed by atoms with van der Waals surface area (Å²) in [6.45, 7) is 5.14. The van der Waals surface area contributed by atoms with Gasteiger partial charge in [0.1, 0.15) is 0 Å². The number of sulfonamides is 1. The maximum Gasteiger partial charge on any atom is 0.283 e. The molecule has 0 aliphatic carbocycles. The van der Waals surface area contributed by atoms with Crippen LogP contribution >= 0.6 is 11.3 Å². The molecule has 140 valence electrons. The Labute approximate surface area is 155 Å². The summed E-state index contributed by atoms with van der Waals surface area (Å²) in [6, 6.07) is 7.24. The van der Waals surface area contributed by atoms with Crippen molar-refractivity contribution in [2.24, 2.45) is 0 Å². The smallest absolute Gasteiger partial charge is 0.283 e. The minimum absolute atomic E-state index is 0.0898. The highest BCUT2D eigenvalue weighted by atomic mass is 32.2. The first kappa shape index (κ1) is 20.0. The predicted molar refractivity (Wildman–Crippen MR) is 98.8 cm³/mol. The van der Waals surface area contributed by atoms with Gasteiger partial charge in [-0.25, -0.2) is 13.1 Å². The summed E-state index contributed by atoms with van der Waals surface area (Å²) in [7, 11) is -3.62. The molecule has 1 aromatic carbocycles. The van der Waals surface area contributed by atoms with Crippen LogP contribution in [0.5, 0.6) is 0 Å². The fraction of sp³-hybridized carbons (Fsp3) is 0.312. The van der Waals surface area contributed by atoms with Crippen molar-refractivity contribution in [1.29, 1.82) is 0 Å². The Morgan fingerprint density at radius 2 is 2.00 bits per heavy atom. The lowest BCUT2D eigenvalue weighted by Gasteiger charge is -2.11. The van der Waals surface area contributed by atoms with Gasteiger partial charge in [-0.05, 0) is 38.5 Å². The van der Waals surface area contributed by atoms with Crippen molar-refractivity contribution in [3.05, 3.63) is 55.8 Å². The number of amides is 1. The number of hydrogen-bond acceptors (Lipinski definition) is 6. The molecule has 10 heteroatoms. The molecule has 1 amide bonds. The van der Waals surface area contributed by atoms with Crippen molar-refractivity contribution in [1.82, 2.24) is 10.0 Å². The zero-order valence-electron chi connectivity index (χ0n) is 14.5. The summed E-state index contributed by atoms with van der Waals surface area (Å²) < 4.78 is 26.9. The number of aryl methyl sites for hydroxylation is 1. The van der Waals surface area contributed by atoms with Crippen LogP contribution in [0.1, 0.15) is 34.0 Å². The second-order valence-electron chi connectivity index (χ2n) is 5.92. The highest BCUT2D eigenvalue weighted by molar-refractivity contribution is 7.89. The molecule has 2 N–H and O–H groups in total. The summed E-state index contributed by atoms with van der Waals surface area (Å²) in [5, 5.41) is 13.5. The molecule has 0 fully saturated rings.